The van der Waals surface area contributed by atoms with Crippen LogP contribution >= 0.6 is 0 Å². The number of carbonyl (C=O) groups excluding carboxylic acids is 1. The van der Waals surface area contributed by atoms with Crippen LogP contribution in [0.3, 0.4) is 0 Å². The van der Waals surface area contributed by atoms with E-state index in [1.54, 1.807) is 12.1 Å². The van der Waals surface area contributed by atoms with E-state index in [-0.39, 0.29) is 16.9 Å². The van der Waals surface area contributed by atoms with Gasteiger partial charge in [0.1, 0.15) is 0 Å². The van der Waals surface area contributed by atoms with Gasteiger partial charge in [0.15, 0.2) is 5.78 Å². The molecule has 0 spiro atoms. The SMILES string of the molecule is CN(C)c1ccc(C[C@@H]2Nc3cccc(C(=O)O)c3C2=O)cc1. The van der Waals surface area contributed by atoms with Crippen molar-refractivity contribution in [2.24, 2.45) is 0 Å². The number of Topliss-reactive ketones (excluding diaryl/α,β-unsaturated/α-hetero) is 1. The van der Waals surface area contributed by atoms with Gasteiger partial charge in [-0.05, 0) is 29.8 Å². The molecule has 0 amide bonds. The lowest BCUT2D eigenvalue weighted by molar-refractivity contribution is 0.0692. The number of ketones is 1. The number of fused-ring (bicyclic) bond motifs is 1. The molecule has 23 heavy (non-hydrogen) atoms. The molecule has 5 nitrogen and oxygen atoms in total. The number of nitrogens with zero attached hydrogens (tertiary/aromatic N) is 1. The highest BCUT2D eigenvalue weighted by Crippen LogP contribution is 2.30. The number of anilines is 2. The van der Waals surface area contributed by atoms with Crippen molar-refractivity contribution in [2.75, 3.05) is 24.3 Å². The summed E-state index contributed by atoms with van der Waals surface area (Å²) in [6.45, 7) is 0. The Bertz CT molecular complexity index is 766. The number of carboxylic acid groups (broad SMARTS) is 1. The fourth-order valence-electron chi connectivity index (χ4n) is 2.85. The van der Waals surface area contributed by atoms with Gasteiger partial charge in [0.05, 0.1) is 17.2 Å². The molecule has 2 N–H and O–H groups in total. The number of aromatic carboxylic acids is 1. The van der Waals surface area contributed by atoms with Crippen LogP contribution < -0.4 is 10.2 Å². The minimum absolute atomic E-state index is 0.0606. The summed E-state index contributed by atoms with van der Waals surface area (Å²) in [7, 11) is 3.95. The number of hydrogen-bond acceptors (Lipinski definition) is 4. The van der Waals surface area contributed by atoms with Crippen LogP contribution in [0.15, 0.2) is 42.5 Å². The van der Waals surface area contributed by atoms with Gasteiger partial charge in [-0.3, -0.25) is 4.79 Å². The zero-order valence-electron chi connectivity index (χ0n) is 13.0. The second-order valence-corrected chi connectivity index (χ2v) is 5.86. The number of carboxylic acids is 1. The van der Waals surface area contributed by atoms with Gasteiger partial charge in [-0.25, -0.2) is 4.79 Å². The quantitative estimate of drug-likeness (QED) is 0.908. The third-order valence-corrected chi connectivity index (χ3v) is 4.08. The summed E-state index contributed by atoms with van der Waals surface area (Å²) in [5.74, 6) is -1.23. The summed E-state index contributed by atoms with van der Waals surface area (Å²) in [5, 5.41) is 12.4. The molecule has 0 saturated carbocycles. The second-order valence-electron chi connectivity index (χ2n) is 5.86. The highest BCUT2D eigenvalue weighted by Gasteiger charge is 2.33. The Balaban J connectivity index is 1.82. The van der Waals surface area contributed by atoms with Crippen LogP contribution in [-0.4, -0.2) is 37.0 Å². The van der Waals surface area contributed by atoms with Gasteiger partial charge in [-0.1, -0.05) is 18.2 Å². The third-order valence-electron chi connectivity index (χ3n) is 4.08. The Morgan fingerprint density at radius 2 is 1.87 bits per heavy atom. The summed E-state index contributed by atoms with van der Waals surface area (Å²) in [5.41, 5.74) is 3.08. The standard InChI is InChI=1S/C18H18N2O3/c1-20(2)12-8-6-11(7-9-12)10-15-17(21)16-13(18(22)23)4-3-5-14(16)19-15/h3-9,15,19H,10H2,1-2H3,(H,22,23)/t15-/m0/s1. The zero-order valence-corrected chi connectivity index (χ0v) is 13.0. The van der Waals surface area contributed by atoms with E-state index in [0.29, 0.717) is 12.1 Å². The third kappa shape index (κ3) is 2.77. The summed E-state index contributed by atoms with van der Waals surface area (Å²) in [6.07, 6.45) is 0.528. The Labute approximate surface area is 134 Å². The molecule has 0 radical (unpaired) electrons. The van der Waals surface area contributed by atoms with E-state index in [0.717, 1.165) is 11.3 Å². The predicted octanol–water partition coefficient (Wildman–Crippen LogP) is 2.67. The first-order chi connectivity index (χ1) is 11.0. The number of rotatable bonds is 4. The number of carbonyl (C=O) groups is 2. The average Bonchev–Trinajstić information content (AvgIpc) is 2.84. The van der Waals surface area contributed by atoms with Crippen LogP contribution in [0.1, 0.15) is 26.3 Å². The van der Waals surface area contributed by atoms with Gasteiger partial charge in [0.25, 0.3) is 0 Å². The Morgan fingerprint density at radius 3 is 2.48 bits per heavy atom. The van der Waals surface area contributed by atoms with E-state index in [1.165, 1.54) is 6.07 Å². The maximum atomic E-state index is 12.6. The molecule has 5 heteroatoms. The number of nitrogens with one attached hydrogen (secondary N) is 1. The topological polar surface area (TPSA) is 69.6 Å². The molecule has 118 valence electrons. The molecule has 3 rings (SSSR count). The van der Waals surface area contributed by atoms with E-state index in [4.69, 9.17) is 0 Å². The van der Waals surface area contributed by atoms with E-state index in [9.17, 15) is 14.7 Å². The van der Waals surface area contributed by atoms with E-state index < -0.39 is 12.0 Å². The van der Waals surface area contributed by atoms with Crippen LogP contribution in [0.5, 0.6) is 0 Å². The minimum Gasteiger partial charge on any atom is -0.478 e. The maximum Gasteiger partial charge on any atom is 0.336 e. The van der Waals surface area contributed by atoms with Gasteiger partial charge in [0.2, 0.25) is 0 Å². The smallest absolute Gasteiger partial charge is 0.336 e. The van der Waals surface area contributed by atoms with Crippen LogP contribution in [0, 0.1) is 0 Å². The molecule has 0 unspecified atom stereocenters. The van der Waals surface area contributed by atoms with Crippen LogP contribution in [-0.2, 0) is 6.42 Å². The molecular formula is C18H18N2O3. The van der Waals surface area contributed by atoms with E-state index in [1.807, 2.05) is 43.3 Å². The van der Waals surface area contributed by atoms with Crippen molar-refractivity contribution >= 4 is 23.1 Å². The fourth-order valence-corrected chi connectivity index (χ4v) is 2.85. The molecule has 2 aromatic carbocycles. The van der Waals surface area contributed by atoms with Crippen molar-refractivity contribution in [1.82, 2.24) is 0 Å². The molecule has 2 aromatic rings. The Hall–Kier alpha value is -2.82. The minimum atomic E-state index is -1.08. The molecule has 0 bridgehead atoms. The molecular weight excluding hydrogens is 292 g/mol. The molecule has 0 fully saturated rings. The maximum absolute atomic E-state index is 12.6. The molecule has 1 aliphatic rings. The van der Waals surface area contributed by atoms with Crippen molar-refractivity contribution in [2.45, 2.75) is 12.5 Å². The lowest BCUT2D eigenvalue weighted by Gasteiger charge is -2.14. The lowest BCUT2D eigenvalue weighted by Crippen LogP contribution is -2.25. The van der Waals surface area contributed by atoms with E-state index >= 15 is 0 Å². The van der Waals surface area contributed by atoms with Gasteiger partial charge >= 0.3 is 5.97 Å². The lowest BCUT2D eigenvalue weighted by atomic mass is 9.98. The van der Waals surface area contributed by atoms with Crippen molar-refractivity contribution in [3.63, 3.8) is 0 Å². The van der Waals surface area contributed by atoms with Crippen molar-refractivity contribution in [3.8, 4) is 0 Å². The van der Waals surface area contributed by atoms with Gasteiger partial charge in [-0.2, -0.15) is 0 Å². The normalized spacial score (nSPS) is 15.9. The van der Waals surface area contributed by atoms with Crippen LogP contribution in [0.4, 0.5) is 11.4 Å². The first-order valence-corrected chi connectivity index (χ1v) is 7.40. The number of benzene rings is 2. The van der Waals surface area contributed by atoms with Crippen molar-refractivity contribution < 1.29 is 14.7 Å². The Kier molecular flexibility index (Phi) is 3.78. The fraction of sp³-hybridized carbons (Fsp3) is 0.222. The van der Waals surface area contributed by atoms with Crippen LogP contribution in [0.25, 0.3) is 0 Å². The van der Waals surface area contributed by atoms with Gasteiger partial charge in [-0.15, -0.1) is 0 Å². The molecule has 1 heterocycles. The van der Waals surface area contributed by atoms with Crippen molar-refractivity contribution in [3.05, 3.63) is 59.2 Å². The summed E-state index contributed by atoms with van der Waals surface area (Å²) in [6, 6.07) is 12.4. The summed E-state index contributed by atoms with van der Waals surface area (Å²) < 4.78 is 0. The summed E-state index contributed by atoms with van der Waals surface area (Å²) >= 11 is 0. The first-order valence-electron chi connectivity index (χ1n) is 7.40. The Morgan fingerprint density at radius 1 is 1.17 bits per heavy atom. The van der Waals surface area contributed by atoms with Gasteiger partial charge in [0, 0.05) is 31.9 Å². The molecule has 1 atom stereocenters. The molecule has 0 aromatic heterocycles. The zero-order chi connectivity index (χ0) is 16.6. The van der Waals surface area contributed by atoms with Crippen LogP contribution in [0.2, 0.25) is 0 Å². The molecule has 0 aliphatic carbocycles. The molecule has 0 saturated heterocycles. The monoisotopic (exact) mass is 310 g/mol. The summed E-state index contributed by atoms with van der Waals surface area (Å²) in [4.78, 5) is 25.9. The second kappa shape index (κ2) is 5.76. The van der Waals surface area contributed by atoms with Gasteiger partial charge < -0.3 is 15.3 Å². The van der Waals surface area contributed by atoms with Crippen molar-refractivity contribution in [1.29, 1.82) is 0 Å². The first kappa shape index (κ1) is 15.1. The number of hydrogen-bond donors (Lipinski definition) is 2. The average molecular weight is 310 g/mol. The van der Waals surface area contributed by atoms with E-state index in [2.05, 4.69) is 5.32 Å². The highest BCUT2D eigenvalue weighted by molar-refractivity contribution is 6.16. The molecule has 1 aliphatic heterocycles. The highest BCUT2D eigenvalue weighted by atomic mass is 16.4. The predicted molar refractivity (Wildman–Crippen MR) is 89.6 cm³/mol. The largest absolute Gasteiger partial charge is 0.478 e.